The average molecular weight is 319 g/mol. The first-order valence-electron chi connectivity index (χ1n) is 6.85. The van der Waals surface area contributed by atoms with Crippen LogP contribution < -0.4 is 5.73 Å². The minimum atomic E-state index is -4.23. The maximum atomic E-state index is 12.3. The summed E-state index contributed by atoms with van der Waals surface area (Å²) >= 11 is -0.0794. The first-order chi connectivity index (χ1) is 9.87. The van der Waals surface area contributed by atoms with Gasteiger partial charge in [0, 0.05) is 43.7 Å². The van der Waals surface area contributed by atoms with E-state index >= 15 is 0 Å². The smallest absolute Gasteiger partial charge is 0.329 e. The number of likely N-dealkylation sites (N-methyl/N-ethyl adjacent to an activating group) is 1. The number of nitrogens with zero attached hydrogens (tertiary/aromatic N) is 2. The number of halogens is 3. The molecular weight excluding hydrogens is 299 g/mol. The summed E-state index contributed by atoms with van der Waals surface area (Å²) in [5.74, 6) is 0. The lowest BCUT2D eigenvalue weighted by Gasteiger charge is -2.39. The van der Waals surface area contributed by atoms with Crippen molar-refractivity contribution >= 4 is 11.8 Å². The molecule has 0 radical (unpaired) electrons. The van der Waals surface area contributed by atoms with Gasteiger partial charge in [-0.15, -0.1) is 0 Å². The lowest BCUT2D eigenvalue weighted by molar-refractivity contribution is -0.0328. The van der Waals surface area contributed by atoms with Gasteiger partial charge in [-0.2, -0.15) is 13.2 Å². The zero-order valence-corrected chi connectivity index (χ0v) is 12.8. The van der Waals surface area contributed by atoms with Gasteiger partial charge < -0.3 is 10.6 Å². The van der Waals surface area contributed by atoms with Crippen LogP contribution in [0.4, 0.5) is 13.2 Å². The number of hydrogen-bond acceptors (Lipinski definition) is 4. The molecule has 3 nitrogen and oxygen atoms in total. The Morgan fingerprint density at radius 1 is 1.24 bits per heavy atom. The summed E-state index contributed by atoms with van der Waals surface area (Å²) < 4.78 is 36.9. The van der Waals surface area contributed by atoms with Crippen LogP contribution in [0.3, 0.4) is 0 Å². The van der Waals surface area contributed by atoms with Gasteiger partial charge in [0.1, 0.15) is 0 Å². The molecule has 7 heteroatoms. The van der Waals surface area contributed by atoms with Crippen molar-refractivity contribution < 1.29 is 13.2 Å². The molecule has 1 unspecified atom stereocenters. The van der Waals surface area contributed by atoms with Gasteiger partial charge in [-0.1, -0.05) is 12.1 Å². The Morgan fingerprint density at radius 3 is 2.48 bits per heavy atom. The molecule has 1 aromatic carbocycles. The standard InChI is InChI=1S/C14H20F3N3S/c1-19-6-7-20(12(8-18)10-19)9-11-2-4-13(5-3-11)21-14(15,16)17/h2-5,12H,6-10,18H2,1H3. The molecule has 0 spiro atoms. The Balaban J connectivity index is 1.96. The van der Waals surface area contributed by atoms with Crippen molar-refractivity contribution in [2.45, 2.75) is 23.0 Å². The molecule has 118 valence electrons. The quantitative estimate of drug-likeness (QED) is 0.864. The second-order valence-corrected chi connectivity index (χ2v) is 6.45. The number of nitrogens with two attached hydrogens (primary N) is 1. The highest BCUT2D eigenvalue weighted by Gasteiger charge is 2.29. The highest BCUT2D eigenvalue weighted by molar-refractivity contribution is 8.00. The minimum Gasteiger partial charge on any atom is -0.329 e. The van der Waals surface area contributed by atoms with Crippen LogP contribution in [0.2, 0.25) is 0 Å². The van der Waals surface area contributed by atoms with Crippen molar-refractivity contribution in [3.63, 3.8) is 0 Å². The number of hydrogen-bond donors (Lipinski definition) is 1. The van der Waals surface area contributed by atoms with Gasteiger partial charge >= 0.3 is 5.51 Å². The first-order valence-corrected chi connectivity index (χ1v) is 7.66. The normalized spacial score (nSPS) is 21.7. The number of piperazine rings is 1. The van der Waals surface area contributed by atoms with E-state index in [1.807, 2.05) is 0 Å². The first kappa shape index (κ1) is 16.6. The van der Waals surface area contributed by atoms with Gasteiger partial charge in [-0.3, -0.25) is 4.90 Å². The predicted molar refractivity (Wildman–Crippen MR) is 79.1 cm³/mol. The van der Waals surface area contributed by atoms with Crippen LogP contribution in [0.1, 0.15) is 5.56 Å². The van der Waals surface area contributed by atoms with Gasteiger partial charge in [-0.25, -0.2) is 0 Å². The Morgan fingerprint density at radius 2 is 1.90 bits per heavy atom. The van der Waals surface area contributed by atoms with Gasteiger partial charge in [0.25, 0.3) is 0 Å². The molecule has 2 N–H and O–H groups in total. The summed E-state index contributed by atoms with van der Waals surface area (Å²) in [7, 11) is 2.07. The van der Waals surface area contributed by atoms with Crippen LogP contribution >= 0.6 is 11.8 Å². The maximum absolute atomic E-state index is 12.3. The van der Waals surface area contributed by atoms with Crippen LogP contribution in [-0.4, -0.2) is 54.6 Å². The largest absolute Gasteiger partial charge is 0.446 e. The summed E-state index contributed by atoms with van der Waals surface area (Å²) in [5, 5.41) is 0. The highest BCUT2D eigenvalue weighted by atomic mass is 32.2. The Kier molecular flexibility index (Phi) is 5.54. The van der Waals surface area contributed by atoms with Crippen LogP contribution in [0.15, 0.2) is 29.2 Å². The van der Waals surface area contributed by atoms with Crippen molar-refractivity contribution in [3.05, 3.63) is 29.8 Å². The van der Waals surface area contributed by atoms with Crippen LogP contribution in [0.25, 0.3) is 0 Å². The molecule has 21 heavy (non-hydrogen) atoms. The van der Waals surface area contributed by atoms with E-state index in [-0.39, 0.29) is 16.7 Å². The SMILES string of the molecule is CN1CCN(Cc2ccc(SC(F)(F)F)cc2)C(CN)C1. The van der Waals surface area contributed by atoms with Crippen LogP contribution in [0, 0.1) is 0 Å². The molecule has 0 aromatic heterocycles. The van der Waals surface area contributed by atoms with E-state index < -0.39 is 5.51 Å². The van der Waals surface area contributed by atoms with Crippen LogP contribution in [0.5, 0.6) is 0 Å². The van der Waals surface area contributed by atoms with Crippen molar-refractivity contribution in [3.8, 4) is 0 Å². The minimum absolute atomic E-state index is 0.0794. The van der Waals surface area contributed by atoms with Crippen molar-refractivity contribution in [2.24, 2.45) is 5.73 Å². The topological polar surface area (TPSA) is 32.5 Å². The van der Waals surface area contributed by atoms with Gasteiger partial charge in [0.05, 0.1) is 0 Å². The molecular formula is C14H20F3N3S. The molecule has 1 aliphatic rings. The molecule has 1 aliphatic heterocycles. The zero-order valence-electron chi connectivity index (χ0n) is 11.9. The van der Waals surface area contributed by atoms with Crippen molar-refractivity contribution in [1.82, 2.24) is 9.80 Å². The maximum Gasteiger partial charge on any atom is 0.446 e. The van der Waals surface area contributed by atoms with Gasteiger partial charge in [-0.05, 0) is 36.5 Å². The summed E-state index contributed by atoms with van der Waals surface area (Å²) in [6.45, 7) is 4.16. The third-order valence-corrected chi connectivity index (χ3v) is 4.36. The van der Waals surface area contributed by atoms with E-state index in [1.54, 1.807) is 12.1 Å². The zero-order chi connectivity index (χ0) is 15.5. The third kappa shape index (κ3) is 5.18. The molecule has 0 saturated carbocycles. The molecule has 0 bridgehead atoms. The van der Waals surface area contributed by atoms with E-state index in [1.165, 1.54) is 12.1 Å². The summed E-state index contributed by atoms with van der Waals surface area (Å²) in [6.07, 6.45) is 0. The highest BCUT2D eigenvalue weighted by Crippen LogP contribution is 2.36. The summed E-state index contributed by atoms with van der Waals surface area (Å²) in [6, 6.07) is 6.88. The van der Waals surface area contributed by atoms with Crippen molar-refractivity contribution in [2.75, 3.05) is 33.2 Å². The number of alkyl halides is 3. The monoisotopic (exact) mass is 319 g/mol. The van der Waals surface area contributed by atoms with E-state index in [4.69, 9.17) is 5.73 Å². The van der Waals surface area contributed by atoms with E-state index in [0.717, 1.165) is 31.7 Å². The van der Waals surface area contributed by atoms with E-state index in [2.05, 4.69) is 16.8 Å². The fraction of sp³-hybridized carbons (Fsp3) is 0.571. The van der Waals surface area contributed by atoms with Crippen molar-refractivity contribution in [1.29, 1.82) is 0 Å². The van der Waals surface area contributed by atoms with E-state index in [9.17, 15) is 13.2 Å². The number of rotatable bonds is 4. The molecule has 1 fully saturated rings. The lowest BCUT2D eigenvalue weighted by atomic mass is 10.1. The summed E-state index contributed by atoms with van der Waals surface area (Å²) in [4.78, 5) is 4.77. The molecule has 0 aliphatic carbocycles. The molecule has 1 heterocycles. The lowest BCUT2D eigenvalue weighted by Crippen LogP contribution is -2.54. The molecule has 1 atom stereocenters. The van der Waals surface area contributed by atoms with E-state index in [0.29, 0.717) is 12.6 Å². The summed E-state index contributed by atoms with van der Waals surface area (Å²) in [5.41, 5.74) is 2.59. The third-order valence-electron chi connectivity index (χ3n) is 3.62. The molecule has 1 saturated heterocycles. The fourth-order valence-electron chi connectivity index (χ4n) is 2.51. The molecule has 2 rings (SSSR count). The molecule has 0 amide bonds. The second-order valence-electron chi connectivity index (χ2n) is 5.31. The predicted octanol–water partition coefficient (Wildman–Crippen LogP) is 2.37. The Bertz CT molecular complexity index is 450. The molecule has 1 aromatic rings. The fourth-order valence-corrected chi connectivity index (χ4v) is 3.05. The number of thioether (sulfide) groups is 1. The Hall–Kier alpha value is -0.760. The van der Waals surface area contributed by atoms with Gasteiger partial charge in [0.2, 0.25) is 0 Å². The number of benzene rings is 1. The Labute approximate surface area is 127 Å². The average Bonchev–Trinajstić information content (AvgIpc) is 2.41. The van der Waals surface area contributed by atoms with Crippen LogP contribution in [-0.2, 0) is 6.54 Å². The second kappa shape index (κ2) is 7.00. The van der Waals surface area contributed by atoms with Gasteiger partial charge in [0.15, 0.2) is 0 Å².